The molecule has 1 heterocycles. The highest BCUT2D eigenvalue weighted by Gasteiger charge is 2.32. The van der Waals surface area contributed by atoms with Crippen molar-refractivity contribution in [3.05, 3.63) is 65.7 Å². The molecule has 22 heavy (non-hydrogen) atoms. The molecule has 0 radical (unpaired) electrons. The number of aromatic nitrogens is 1. The fourth-order valence-corrected chi connectivity index (χ4v) is 2.41. The smallest absolute Gasteiger partial charge is 0.232 e. The molecule has 1 amide bonds. The van der Waals surface area contributed by atoms with Gasteiger partial charge in [-0.25, -0.2) is 4.39 Å². The quantitative estimate of drug-likeness (QED) is 0.849. The number of rotatable bonds is 5. The lowest BCUT2D eigenvalue weighted by Crippen LogP contribution is -2.42. The van der Waals surface area contributed by atoms with Crippen LogP contribution in [0.1, 0.15) is 25.0 Å². The molecule has 0 aliphatic heterocycles. The summed E-state index contributed by atoms with van der Waals surface area (Å²) >= 11 is 0. The van der Waals surface area contributed by atoms with Crippen LogP contribution in [0.15, 0.2) is 48.8 Å². The molecule has 0 spiro atoms. The Morgan fingerprint density at radius 2 is 1.73 bits per heavy atom. The fraction of sp³-hybridized carbons (Fsp3) is 0.333. The van der Waals surface area contributed by atoms with Gasteiger partial charge < -0.3 is 4.90 Å². The Hall–Kier alpha value is -2.23. The maximum Gasteiger partial charge on any atom is 0.232 e. The number of hydrogen-bond donors (Lipinski definition) is 0. The van der Waals surface area contributed by atoms with Crippen LogP contribution in [-0.2, 0) is 16.6 Å². The molecule has 4 heteroatoms. The van der Waals surface area contributed by atoms with Crippen molar-refractivity contribution in [3.63, 3.8) is 0 Å². The Morgan fingerprint density at radius 1 is 1.14 bits per heavy atom. The molecule has 0 saturated carbocycles. The van der Waals surface area contributed by atoms with E-state index in [-0.39, 0.29) is 11.7 Å². The number of halogens is 1. The Labute approximate surface area is 130 Å². The zero-order valence-corrected chi connectivity index (χ0v) is 13.2. The first-order valence-electron chi connectivity index (χ1n) is 7.32. The second-order valence-electron chi connectivity index (χ2n) is 5.96. The number of amides is 1. The molecule has 0 unspecified atom stereocenters. The molecule has 1 aromatic heterocycles. The first kappa shape index (κ1) is 16.1. The van der Waals surface area contributed by atoms with E-state index in [0.29, 0.717) is 6.54 Å². The summed E-state index contributed by atoms with van der Waals surface area (Å²) in [5.74, 6) is -0.272. The van der Waals surface area contributed by atoms with Gasteiger partial charge in [0.25, 0.3) is 0 Å². The molecule has 0 bridgehead atoms. The van der Waals surface area contributed by atoms with Crippen LogP contribution in [0.2, 0.25) is 0 Å². The van der Waals surface area contributed by atoms with Crippen LogP contribution in [0, 0.1) is 5.82 Å². The molecule has 0 aliphatic rings. The van der Waals surface area contributed by atoms with E-state index in [1.54, 1.807) is 36.5 Å². The summed E-state index contributed by atoms with van der Waals surface area (Å²) in [5.41, 5.74) is 1.28. The molecule has 0 saturated heterocycles. The van der Waals surface area contributed by atoms with Crippen molar-refractivity contribution in [2.45, 2.75) is 25.7 Å². The van der Waals surface area contributed by atoms with E-state index >= 15 is 0 Å². The number of carbonyl (C=O) groups is 1. The molecule has 0 N–H and O–H groups in total. The Balaban J connectivity index is 2.04. The van der Waals surface area contributed by atoms with Gasteiger partial charge in [-0.3, -0.25) is 9.78 Å². The average Bonchev–Trinajstić information content (AvgIpc) is 2.53. The summed E-state index contributed by atoms with van der Waals surface area (Å²) in [6.45, 7) is 4.37. The minimum absolute atomic E-state index is 0.0214. The zero-order chi connectivity index (χ0) is 16.2. The van der Waals surface area contributed by atoms with E-state index in [9.17, 15) is 9.18 Å². The predicted molar refractivity (Wildman–Crippen MR) is 85.0 cm³/mol. The third-order valence-corrected chi connectivity index (χ3v) is 3.93. The molecule has 2 rings (SSSR count). The van der Waals surface area contributed by atoms with Crippen molar-refractivity contribution in [2.24, 2.45) is 0 Å². The predicted octanol–water partition coefficient (Wildman–Crippen LogP) is 3.20. The Morgan fingerprint density at radius 3 is 2.32 bits per heavy atom. The van der Waals surface area contributed by atoms with E-state index in [4.69, 9.17) is 0 Å². The molecule has 0 atom stereocenters. The van der Waals surface area contributed by atoms with Crippen LogP contribution in [0.3, 0.4) is 0 Å². The molecule has 2 aromatic rings. The van der Waals surface area contributed by atoms with Crippen molar-refractivity contribution in [1.29, 1.82) is 0 Å². The summed E-state index contributed by atoms with van der Waals surface area (Å²) in [7, 11) is 1.80. The number of hydrogen-bond acceptors (Lipinski definition) is 2. The van der Waals surface area contributed by atoms with Gasteiger partial charge in [-0.15, -0.1) is 0 Å². The summed E-state index contributed by atoms with van der Waals surface area (Å²) in [5, 5.41) is 0. The van der Waals surface area contributed by atoms with Gasteiger partial charge in [0.05, 0.1) is 5.41 Å². The number of pyridine rings is 1. The third-order valence-electron chi connectivity index (χ3n) is 3.93. The highest BCUT2D eigenvalue weighted by molar-refractivity contribution is 5.87. The lowest BCUT2D eigenvalue weighted by atomic mass is 9.83. The second-order valence-corrected chi connectivity index (χ2v) is 5.96. The summed E-state index contributed by atoms with van der Waals surface area (Å²) in [6.07, 6.45) is 4.28. The topological polar surface area (TPSA) is 33.2 Å². The molecule has 1 aromatic carbocycles. The molecule has 0 aliphatic carbocycles. The van der Waals surface area contributed by atoms with Gasteiger partial charge in [0.2, 0.25) is 5.91 Å². The standard InChI is InChI=1S/C18H21FN2O/c1-18(2,15-4-6-16(19)7-5-15)17(22)21(3)13-10-14-8-11-20-12-9-14/h4-9,11-12H,10,13H2,1-3H3. The van der Waals surface area contributed by atoms with Gasteiger partial charge in [0, 0.05) is 26.0 Å². The lowest BCUT2D eigenvalue weighted by molar-refractivity contribution is -0.134. The minimum atomic E-state index is -0.680. The van der Waals surface area contributed by atoms with E-state index < -0.39 is 5.41 Å². The van der Waals surface area contributed by atoms with Gasteiger partial charge in [-0.2, -0.15) is 0 Å². The van der Waals surface area contributed by atoms with Gasteiger partial charge >= 0.3 is 0 Å². The molecular formula is C18H21FN2O. The van der Waals surface area contributed by atoms with Crippen molar-refractivity contribution in [2.75, 3.05) is 13.6 Å². The molecule has 116 valence electrons. The summed E-state index contributed by atoms with van der Waals surface area (Å²) in [4.78, 5) is 18.4. The van der Waals surface area contributed by atoms with Crippen LogP contribution < -0.4 is 0 Å². The van der Waals surface area contributed by atoms with E-state index in [0.717, 1.165) is 17.5 Å². The number of nitrogens with zero attached hydrogens (tertiary/aromatic N) is 2. The third kappa shape index (κ3) is 3.70. The van der Waals surface area contributed by atoms with Crippen LogP contribution in [0.5, 0.6) is 0 Å². The highest BCUT2D eigenvalue weighted by Crippen LogP contribution is 2.25. The first-order chi connectivity index (χ1) is 10.4. The average molecular weight is 300 g/mol. The van der Waals surface area contributed by atoms with Gasteiger partial charge in [-0.05, 0) is 55.7 Å². The monoisotopic (exact) mass is 300 g/mol. The van der Waals surface area contributed by atoms with E-state index in [1.807, 2.05) is 26.0 Å². The van der Waals surface area contributed by atoms with E-state index in [1.165, 1.54) is 12.1 Å². The zero-order valence-electron chi connectivity index (χ0n) is 13.2. The maximum atomic E-state index is 13.0. The Kier molecular flexibility index (Phi) is 4.91. The van der Waals surface area contributed by atoms with Gasteiger partial charge in [0.1, 0.15) is 5.82 Å². The van der Waals surface area contributed by atoms with Crippen LogP contribution in [-0.4, -0.2) is 29.4 Å². The number of carbonyl (C=O) groups excluding carboxylic acids is 1. The molecular weight excluding hydrogens is 279 g/mol. The van der Waals surface area contributed by atoms with Crippen molar-refractivity contribution < 1.29 is 9.18 Å². The molecule has 0 fully saturated rings. The summed E-state index contributed by atoms with van der Waals surface area (Å²) in [6, 6.07) is 10.0. The van der Waals surface area contributed by atoms with Crippen LogP contribution in [0.25, 0.3) is 0 Å². The van der Waals surface area contributed by atoms with Crippen LogP contribution >= 0.6 is 0 Å². The normalized spacial score (nSPS) is 11.3. The highest BCUT2D eigenvalue weighted by atomic mass is 19.1. The minimum Gasteiger partial charge on any atom is -0.345 e. The van der Waals surface area contributed by atoms with E-state index in [2.05, 4.69) is 4.98 Å². The number of benzene rings is 1. The van der Waals surface area contributed by atoms with Crippen molar-refractivity contribution in [1.82, 2.24) is 9.88 Å². The first-order valence-corrected chi connectivity index (χ1v) is 7.32. The largest absolute Gasteiger partial charge is 0.345 e. The fourth-order valence-electron chi connectivity index (χ4n) is 2.41. The summed E-state index contributed by atoms with van der Waals surface area (Å²) < 4.78 is 13.0. The van der Waals surface area contributed by atoms with Gasteiger partial charge in [0.15, 0.2) is 0 Å². The Bertz CT molecular complexity index is 623. The number of likely N-dealkylation sites (N-methyl/N-ethyl adjacent to an activating group) is 1. The maximum absolute atomic E-state index is 13.0. The lowest BCUT2D eigenvalue weighted by Gasteiger charge is -2.30. The SMILES string of the molecule is CN(CCc1ccncc1)C(=O)C(C)(C)c1ccc(F)cc1. The van der Waals surface area contributed by atoms with Crippen LogP contribution in [0.4, 0.5) is 4.39 Å². The van der Waals surface area contributed by atoms with Crippen molar-refractivity contribution >= 4 is 5.91 Å². The van der Waals surface area contributed by atoms with Gasteiger partial charge in [-0.1, -0.05) is 12.1 Å². The molecule has 3 nitrogen and oxygen atoms in total. The second kappa shape index (κ2) is 6.69. The van der Waals surface area contributed by atoms with Crippen molar-refractivity contribution in [3.8, 4) is 0 Å².